The number of rotatable bonds is 9. The summed E-state index contributed by atoms with van der Waals surface area (Å²) in [7, 11) is 1.65. The third-order valence-electron chi connectivity index (χ3n) is 6.75. The van der Waals surface area contributed by atoms with Crippen molar-refractivity contribution in [2.75, 3.05) is 6.61 Å². The summed E-state index contributed by atoms with van der Waals surface area (Å²) in [5, 5.41) is 15.8. The van der Waals surface area contributed by atoms with Crippen LogP contribution in [0.4, 0.5) is 0 Å². The molecule has 176 valence electrons. The van der Waals surface area contributed by atoms with Crippen molar-refractivity contribution in [1.29, 1.82) is 0 Å². The van der Waals surface area contributed by atoms with Gasteiger partial charge in [-0.25, -0.2) is 0 Å². The number of benzene rings is 2. The van der Waals surface area contributed by atoms with Crippen LogP contribution in [0.1, 0.15) is 63.8 Å². The second kappa shape index (κ2) is 9.73. The Bertz CT molecular complexity index is 1250. The smallest absolute Gasteiger partial charge is 0.251 e. The summed E-state index contributed by atoms with van der Waals surface area (Å²) in [6, 6.07) is 17.9. The van der Waals surface area contributed by atoms with Gasteiger partial charge in [-0.3, -0.25) is 9.59 Å². The Balaban J connectivity index is 1.64. The van der Waals surface area contributed by atoms with Crippen molar-refractivity contribution in [3.63, 3.8) is 0 Å². The van der Waals surface area contributed by atoms with Gasteiger partial charge in [0.25, 0.3) is 5.91 Å². The first-order chi connectivity index (χ1) is 16.4. The van der Waals surface area contributed by atoms with E-state index in [1.165, 1.54) is 10.6 Å². The van der Waals surface area contributed by atoms with E-state index in [0.29, 0.717) is 17.5 Å². The Morgan fingerprint density at radius 1 is 1.09 bits per heavy atom. The Labute approximate surface area is 198 Å². The van der Waals surface area contributed by atoms with E-state index >= 15 is 0 Å². The lowest BCUT2D eigenvalue weighted by Crippen LogP contribution is -2.39. The van der Waals surface area contributed by atoms with E-state index in [0.717, 1.165) is 29.5 Å². The topological polar surface area (TPSA) is 101 Å². The molecule has 1 fully saturated rings. The zero-order chi connectivity index (χ0) is 24.3. The molecule has 0 saturated heterocycles. The monoisotopic (exact) mass is 459 g/mol. The Hall–Kier alpha value is -3.58. The number of pyridine rings is 1. The van der Waals surface area contributed by atoms with Gasteiger partial charge in [0.05, 0.1) is 12.1 Å². The van der Waals surface area contributed by atoms with Crippen molar-refractivity contribution in [3.8, 4) is 0 Å². The summed E-state index contributed by atoms with van der Waals surface area (Å²) in [6.45, 7) is 1.97. The number of aliphatic hydroxyl groups is 1. The molecule has 7 nitrogen and oxygen atoms in total. The van der Waals surface area contributed by atoms with Crippen molar-refractivity contribution in [1.82, 2.24) is 9.88 Å². The average molecular weight is 460 g/mol. The molecule has 2 aromatic carbocycles. The molecule has 1 aliphatic rings. The van der Waals surface area contributed by atoms with Crippen LogP contribution in [0.25, 0.3) is 0 Å². The van der Waals surface area contributed by atoms with Gasteiger partial charge in [0.15, 0.2) is 0 Å². The third kappa shape index (κ3) is 4.99. The molecule has 2 N–H and O–H groups in total. The van der Waals surface area contributed by atoms with Crippen molar-refractivity contribution < 1.29 is 9.90 Å². The summed E-state index contributed by atoms with van der Waals surface area (Å²) < 4.78 is 1.45. The van der Waals surface area contributed by atoms with E-state index in [2.05, 4.69) is 10.5 Å². The molecule has 0 bridgehead atoms. The summed E-state index contributed by atoms with van der Waals surface area (Å²) >= 11 is 0. The van der Waals surface area contributed by atoms with Crippen LogP contribution >= 0.6 is 0 Å². The first kappa shape index (κ1) is 23.6. The van der Waals surface area contributed by atoms with E-state index in [1.54, 1.807) is 31.4 Å². The lowest BCUT2D eigenvalue weighted by Gasteiger charge is -2.23. The van der Waals surface area contributed by atoms with Gasteiger partial charge in [0.2, 0.25) is 5.56 Å². The molecule has 1 heterocycles. The number of aromatic nitrogens is 1. The maximum atomic E-state index is 12.6. The lowest BCUT2D eigenvalue weighted by molar-refractivity contribution is 0.0907. The zero-order valence-electron chi connectivity index (χ0n) is 19.4. The number of carbonyl (C=O) groups excluding carboxylic acids is 1. The predicted molar refractivity (Wildman–Crippen MR) is 131 cm³/mol. The maximum Gasteiger partial charge on any atom is 0.251 e. The second-order valence-corrected chi connectivity index (χ2v) is 9.19. The molecule has 2 atom stereocenters. The van der Waals surface area contributed by atoms with Gasteiger partial charge in [0, 0.05) is 30.8 Å². The normalized spacial score (nSPS) is 15.9. The van der Waals surface area contributed by atoms with Crippen molar-refractivity contribution in [3.05, 3.63) is 110 Å². The number of nitroso groups, excluding NO2 is 1. The number of nitrogens with one attached hydrogen (secondary N) is 1. The molecule has 3 aromatic rings. The molecule has 34 heavy (non-hydrogen) atoms. The second-order valence-electron chi connectivity index (χ2n) is 9.19. The number of aryl methyl sites for hydroxylation is 2. The number of amides is 1. The van der Waals surface area contributed by atoms with Gasteiger partial charge in [0.1, 0.15) is 6.04 Å². The standard InChI is InChI=1S/C27H29N3O4/c1-18-5-3-4-6-22(18)23(15-24(29-34)21-11-12-25(32)30(2)16-21)19-7-9-20(10-8-19)26(33)28-27(17-31)13-14-27/h3-12,16,23-24,31H,13-15,17H2,1-2H3,(H,28,33). The number of nitrogens with zero attached hydrogens (tertiary/aromatic N) is 2. The van der Waals surface area contributed by atoms with Crippen LogP contribution < -0.4 is 10.9 Å². The average Bonchev–Trinajstić information content (AvgIpc) is 3.62. The molecule has 2 unspecified atom stereocenters. The fourth-order valence-electron chi connectivity index (χ4n) is 4.35. The minimum absolute atomic E-state index is 0.0582. The van der Waals surface area contributed by atoms with Gasteiger partial charge < -0.3 is 15.0 Å². The molecule has 0 spiro atoms. The highest BCUT2D eigenvalue weighted by Gasteiger charge is 2.43. The highest BCUT2D eigenvalue weighted by Crippen LogP contribution is 2.37. The highest BCUT2D eigenvalue weighted by molar-refractivity contribution is 5.95. The summed E-state index contributed by atoms with van der Waals surface area (Å²) in [6.07, 6.45) is 3.65. The SMILES string of the molecule is Cc1ccccc1C(CC(N=O)c1ccc(=O)n(C)c1)c1ccc(C(=O)NC2(CO)CC2)cc1. The molecule has 0 aliphatic heterocycles. The van der Waals surface area contributed by atoms with E-state index in [1.807, 2.05) is 43.3 Å². The number of hydrogen-bond donors (Lipinski definition) is 2. The first-order valence-corrected chi connectivity index (χ1v) is 11.4. The molecule has 0 radical (unpaired) electrons. The van der Waals surface area contributed by atoms with Gasteiger partial charge in [-0.2, -0.15) is 4.91 Å². The summed E-state index contributed by atoms with van der Waals surface area (Å²) in [5.41, 5.74) is 3.73. The fraction of sp³-hybridized carbons (Fsp3) is 0.333. The zero-order valence-corrected chi connectivity index (χ0v) is 19.4. The van der Waals surface area contributed by atoms with Crippen LogP contribution in [0, 0.1) is 11.8 Å². The van der Waals surface area contributed by atoms with Crippen LogP contribution in [0.2, 0.25) is 0 Å². The number of hydrogen-bond acceptors (Lipinski definition) is 5. The number of aliphatic hydroxyl groups excluding tert-OH is 1. The van der Waals surface area contributed by atoms with Crippen LogP contribution in [0.15, 0.2) is 76.8 Å². The van der Waals surface area contributed by atoms with Crippen LogP contribution in [0.3, 0.4) is 0 Å². The minimum Gasteiger partial charge on any atom is -0.394 e. The van der Waals surface area contributed by atoms with Crippen LogP contribution in [0.5, 0.6) is 0 Å². The molecular formula is C27H29N3O4. The lowest BCUT2D eigenvalue weighted by atomic mass is 9.82. The Morgan fingerprint density at radius 2 is 1.76 bits per heavy atom. The summed E-state index contributed by atoms with van der Waals surface area (Å²) in [4.78, 5) is 36.3. The fourth-order valence-corrected chi connectivity index (χ4v) is 4.35. The van der Waals surface area contributed by atoms with Gasteiger partial charge in [-0.15, -0.1) is 0 Å². The van der Waals surface area contributed by atoms with Gasteiger partial charge in [-0.1, -0.05) is 41.6 Å². The molecule has 1 aliphatic carbocycles. The van der Waals surface area contributed by atoms with E-state index in [9.17, 15) is 19.6 Å². The van der Waals surface area contributed by atoms with Gasteiger partial charge >= 0.3 is 0 Å². The van der Waals surface area contributed by atoms with Crippen LogP contribution in [-0.2, 0) is 7.05 Å². The highest BCUT2D eigenvalue weighted by atomic mass is 16.3. The molecular weight excluding hydrogens is 430 g/mol. The Kier molecular flexibility index (Phi) is 6.75. The molecule has 1 saturated carbocycles. The summed E-state index contributed by atoms with van der Waals surface area (Å²) in [5.74, 6) is -0.339. The molecule has 4 rings (SSSR count). The molecule has 1 aromatic heterocycles. The predicted octanol–water partition coefficient (Wildman–Crippen LogP) is 3.98. The minimum atomic E-state index is -0.640. The number of carbonyl (C=O) groups is 1. The van der Waals surface area contributed by atoms with Crippen molar-refractivity contribution >= 4 is 5.91 Å². The molecule has 1 amide bonds. The van der Waals surface area contributed by atoms with Crippen LogP contribution in [-0.4, -0.2) is 27.7 Å². The van der Waals surface area contributed by atoms with Gasteiger partial charge in [-0.05, 0) is 66.6 Å². The van der Waals surface area contributed by atoms with Crippen molar-refractivity contribution in [2.45, 2.75) is 43.7 Å². The largest absolute Gasteiger partial charge is 0.394 e. The maximum absolute atomic E-state index is 12.6. The quantitative estimate of drug-likeness (QED) is 0.473. The van der Waals surface area contributed by atoms with E-state index in [4.69, 9.17) is 0 Å². The Morgan fingerprint density at radius 3 is 2.35 bits per heavy atom. The third-order valence-corrected chi connectivity index (χ3v) is 6.75. The van der Waals surface area contributed by atoms with Crippen molar-refractivity contribution in [2.24, 2.45) is 12.2 Å². The van der Waals surface area contributed by atoms with E-state index in [-0.39, 0.29) is 24.0 Å². The molecule has 7 heteroatoms. The van der Waals surface area contributed by atoms with E-state index < -0.39 is 11.6 Å². The first-order valence-electron chi connectivity index (χ1n) is 11.4.